The van der Waals surface area contributed by atoms with Gasteiger partial charge in [0.05, 0.1) is 6.07 Å². The molecule has 2 amide bonds. The molecule has 0 aliphatic carbocycles. The first-order valence-electron chi connectivity index (χ1n) is 9.84. The minimum Gasteiger partial charge on any atom is -0.341 e. The van der Waals surface area contributed by atoms with Gasteiger partial charge in [-0.25, -0.2) is 0 Å². The molecule has 1 aromatic rings. The van der Waals surface area contributed by atoms with Crippen molar-refractivity contribution in [2.24, 2.45) is 5.92 Å². The van der Waals surface area contributed by atoms with Crippen molar-refractivity contribution in [2.45, 2.75) is 32.9 Å². The summed E-state index contributed by atoms with van der Waals surface area (Å²) in [5.74, 6) is -0.358. The summed E-state index contributed by atoms with van der Waals surface area (Å²) in [6.07, 6.45) is 0.518. The van der Waals surface area contributed by atoms with E-state index in [9.17, 15) is 9.59 Å². The van der Waals surface area contributed by atoms with E-state index < -0.39 is 6.04 Å². The molecular formula is C21H31N5O2. The lowest BCUT2D eigenvalue weighted by Crippen LogP contribution is -2.47. The number of nitriles is 1. The van der Waals surface area contributed by atoms with Crippen molar-refractivity contribution in [1.82, 2.24) is 20.4 Å². The van der Waals surface area contributed by atoms with Crippen LogP contribution < -0.4 is 10.6 Å². The highest BCUT2D eigenvalue weighted by Gasteiger charge is 2.22. The average molecular weight is 386 g/mol. The molecule has 0 radical (unpaired) electrons. The van der Waals surface area contributed by atoms with Crippen LogP contribution in [0.5, 0.6) is 0 Å². The van der Waals surface area contributed by atoms with Crippen molar-refractivity contribution in [3.8, 4) is 6.07 Å². The van der Waals surface area contributed by atoms with Crippen LogP contribution in [-0.4, -0.2) is 67.4 Å². The number of amides is 2. The smallest absolute Gasteiger partial charge is 0.251 e. The normalized spacial score (nSPS) is 16.4. The largest absolute Gasteiger partial charge is 0.341 e. The van der Waals surface area contributed by atoms with Gasteiger partial charge in [0.25, 0.3) is 5.91 Å². The van der Waals surface area contributed by atoms with Crippen molar-refractivity contribution in [3.63, 3.8) is 0 Å². The Balaban J connectivity index is 1.94. The summed E-state index contributed by atoms with van der Waals surface area (Å²) in [6, 6.07) is 8.79. The molecule has 1 aromatic carbocycles. The van der Waals surface area contributed by atoms with Crippen molar-refractivity contribution in [1.29, 1.82) is 5.26 Å². The van der Waals surface area contributed by atoms with Gasteiger partial charge in [0.1, 0.15) is 12.6 Å². The number of hydrogen-bond donors (Lipinski definition) is 2. The summed E-state index contributed by atoms with van der Waals surface area (Å²) in [4.78, 5) is 29.5. The molecule has 0 bridgehead atoms. The highest BCUT2D eigenvalue weighted by molar-refractivity contribution is 5.97. The van der Waals surface area contributed by atoms with Crippen LogP contribution >= 0.6 is 0 Å². The fourth-order valence-electron chi connectivity index (χ4n) is 3.22. The van der Waals surface area contributed by atoms with E-state index in [0.29, 0.717) is 12.0 Å². The maximum atomic E-state index is 12.6. The monoisotopic (exact) mass is 385 g/mol. The van der Waals surface area contributed by atoms with Crippen LogP contribution in [0.1, 0.15) is 36.2 Å². The van der Waals surface area contributed by atoms with Crippen molar-refractivity contribution in [3.05, 3.63) is 35.4 Å². The van der Waals surface area contributed by atoms with E-state index in [2.05, 4.69) is 27.5 Å². The summed E-state index contributed by atoms with van der Waals surface area (Å²) in [6.45, 7) is 9.04. The van der Waals surface area contributed by atoms with Gasteiger partial charge in [0.15, 0.2) is 0 Å². The van der Waals surface area contributed by atoms with E-state index >= 15 is 0 Å². The molecule has 7 heteroatoms. The minimum absolute atomic E-state index is 0.0652. The molecular weight excluding hydrogens is 354 g/mol. The van der Waals surface area contributed by atoms with E-state index in [-0.39, 0.29) is 24.3 Å². The molecule has 1 saturated heterocycles. The maximum absolute atomic E-state index is 12.6. The molecule has 0 spiro atoms. The molecule has 1 fully saturated rings. The molecule has 1 heterocycles. The number of nitrogens with zero attached hydrogens (tertiary/aromatic N) is 3. The molecule has 1 atom stereocenters. The molecule has 7 nitrogen and oxygen atoms in total. The van der Waals surface area contributed by atoms with Gasteiger partial charge in [0.2, 0.25) is 5.91 Å². The SMILES string of the molecule is CC(C)CC(NC(=O)c1ccc(CN2CCN(C)CC2)cc1)C(=O)NCC#N. The Labute approximate surface area is 167 Å². The lowest BCUT2D eigenvalue weighted by atomic mass is 10.0. The molecule has 0 saturated carbocycles. The number of benzene rings is 1. The third-order valence-corrected chi connectivity index (χ3v) is 4.89. The van der Waals surface area contributed by atoms with Gasteiger partial charge in [0, 0.05) is 38.3 Å². The Kier molecular flexibility index (Phi) is 8.42. The first kappa shape index (κ1) is 21.9. The van der Waals surface area contributed by atoms with E-state index in [1.807, 2.05) is 32.0 Å². The second-order valence-corrected chi connectivity index (χ2v) is 7.81. The highest BCUT2D eigenvalue weighted by Crippen LogP contribution is 2.11. The molecule has 0 aromatic heterocycles. The number of nitrogens with one attached hydrogen (secondary N) is 2. The predicted molar refractivity (Wildman–Crippen MR) is 109 cm³/mol. The molecule has 1 aliphatic heterocycles. The van der Waals surface area contributed by atoms with Crippen LogP contribution in [0.25, 0.3) is 0 Å². The summed E-state index contributed by atoms with van der Waals surface area (Å²) in [7, 11) is 2.14. The standard InChI is InChI=1S/C21H31N5O2/c1-16(2)14-19(21(28)23-9-8-22)24-20(27)18-6-4-17(5-7-18)15-26-12-10-25(3)11-13-26/h4-7,16,19H,9-15H2,1-3H3,(H,23,28)(H,24,27). The topological polar surface area (TPSA) is 88.5 Å². The number of piperazine rings is 1. The minimum atomic E-state index is -0.647. The highest BCUT2D eigenvalue weighted by atomic mass is 16.2. The average Bonchev–Trinajstić information content (AvgIpc) is 2.67. The van der Waals surface area contributed by atoms with Crippen LogP contribution in [0.4, 0.5) is 0 Å². The Morgan fingerprint density at radius 3 is 2.36 bits per heavy atom. The second kappa shape index (κ2) is 10.8. The van der Waals surface area contributed by atoms with Gasteiger partial charge < -0.3 is 15.5 Å². The number of rotatable bonds is 8. The second-order valence-electron chi connectivity index (χ2n) is 7.81. The number of carbonyl (C=O) groups is 2. The van der Waals surface area contributed by atoms with Crippen LogP contribution in [0.3, 0.4) is 0 Å². The zero-order chi connectivity index (χ0) is 20.5. The number of carbonyl (C=O) groups excluding carboxylic acids is 2. The van der Waals surface area contributed by atoms with E-state index in [0.717, 1.165) is 32.7 Å². The van der Waals surface area contributed by atoms with E-state index in [1.54, 1.807) is 12.1 Å². The van der Waals surface area contributed by atoms with Gasteiger partial charge >= 0.3 is 0 Å². The van der Waals surface area contributed by atoms with Gasteiger partial charge in [-0.05, 0) is 37.1 Å². The number of hydrogen-bond acceptors (Lipinski definition) is 5. The van der Waals surface area contributed by atoms with Gasteiger partial charge in [-0.1, -0.05) is 26.0 Å². The van der Waals surface area contributed by atoms with E-state index in [4.69, 9.17) is 5.26 Å². The Bertz CT molecular complexity index is 688. The molecule has 152 valence electrons. The van der Waals surface area contributed by atoms with Crippen LogP contribution in [-0.2, 0) is 11.3 Å². The van der Waals surface area contributed by atoms with Gasteiger partial charge in [-0.2, -0.15) is 5.26 Å². The molecule has 2 rings (SSSR count). The van der Waals surface area contributed by atoms with Gasteiger partial charge in [-0.15, -0.1) is 0 Å². The predicted octanol–water partition coefficient (Wildman–Crippen LogP) is 1.22. The van der Waals surface area contributed by atoms with E-state index in [1.165, 1.54) is 5.56 Å². The quantitative estimate of drug-likeness (QED) is 0.657. The molecule has 2 N–H and O–H groups in total. The molecule has 1 unspecified atom stereocenters. The van der Waals surface area contributed by atoms with Gasteiger partial charge in [-0.3, -0.25) is 14.5 Å². The fourth-order valence-corrected chi connectivity index (χ4v) is 3.22. The maximum Gasteiger partial charge on any atom is 0.251 e. The van der Waals surface area contributed by atoms with Crippen LogP contribution in [0.15, 0.2) is 24.3 Å². The summed E-state index contributed by atoms with van der Waals surface area (Å²) < 4.78 is 0. The zero-order valence-electron chi connectivity index (χ0n) is 17.1. The molecule has 1 aliphatic rings. The summed E-state index contributed by atoms with van der Waals surface area (Å²) in [5.41, 5.74) is 1.70. The Morgan fingerprint density at radius 1 is 1.14 bits per heavy atom. The lowest BCUT2D eigenvalue weighted by molar-refractivity contribution is -0.123. The third kappa shape index (κ3) is 6.95. The Morgan fingerprint density at radius 2 is 1.79 bits per heavy atom. The summed E-state index contributed by atoms with van der Waals surface area (Å²) >= 11 is 0. The van der Waals surface area contributed by atoms with Crippen molar-refractivity contribution >= 4 is 11.8 Å². The third-order valence-electron chi connectivity index (χ3n) is 4.89. The first-order valence-corrected chi connectivity index (χ1v) is 9.84. The lowest BCUT2D eigenvalue weighted by Gasteiger charge is -2.32. The first-order chi connectivity index (χ1) is 13.4. The van der Waals surface area contributed by atoms with Crippen molar-refractivity contribution in [2.75, 3.05) is 39.8 Å². The Hall–Kier alpha value is -2.43. The van der Waals surface area contributed by atoms with Crippen molar-refractivity contribution < 1.29 is 9.59 Å². The number of likely N-dealkylation sites (N-methyl/N-ethyl adjacent to an activating group) is 1. The van der Waals surface area contributed by atoms with Crippen LogP contribution in [0.2, 0.25) is 0 Å². The zero-order valence-corrected chi connectivity index (χ0v) is 17.1. The summed E-state index contributed by atoms with van der Waals surface area (Å²) in [5, 5.41) is 14.0. The molecule has 28 heavy (non-hydrogen) atoms. The fraction of sp³-hybridized carbons (Fsp3) is 0.571. The van der Waals surface area contributed by atoms with Crippen LogP contribution in [0, 0.1) is 17.2 Å².